The van der Waals surface area contributed by atoms with E-state index < -0.39 is 0 Å². The summed E-state index contributed by atoms with van der Waals surface area (Å²) in [5.74, 6) is 1.46. The minimum Gasteiger partial charge on any atom is -0.508 e. The Labute approximate surface area is 131 Å². The maximum atomic E-state index is 9.44. The lowest BCUT2D eigenvalue weighted by Crippen LogP contribution is -2.00. The van der Waals surface area contributed by atoms with Crippen LogP contribution >= 0.6 is 27.5 Å². The molecule has 0 amide bonds. The molecule has 2 rings (SSSR count). The van der Waals surface area contributed by atoms with E-state index in [0.29, 0.717) is 28.5 Å². The van der Waals surface area contributed by atoms with Crippen LogP contribution in [0.3, 0.4) is 0 Å². The van der Waals surface area contributed by atoms with E-state index in [1.54, 1.807) is 31.4 Å². The molecule has 5 heteroatoms. The van der Waals surface area contributed by atoms with Crippen molar-refractivity contribution in [2.24, 2.45) is 0 Å². The zero-order valence-electron chi connectivity index (χ0n) is 10.9. The molecule has 0 aliphatic rings. The molecule has 2 aromatic carbocycles. The Hall–Kier alpha value is -1.39. The standard InChI is InChI=1S/C15H14BrClO3/c1-19-14-7-12(17)6-11(8-16)15(14)20-9-10-3-2-4-13(18)5-10/h2-7,18H,8-9H2,1H3. The molecule has 0 saturated carbocycles. The third-order valence-corrected chi connectivity index (χ3v) is 3.58. The molecule has 3 nitrogen and oxygen atoms in total. The molecular formula is C15H14BrClO3. The fraction of sp³-hybridized carbons (Fsp3) is 0.200. The zero-order chi connectivity index (χ0) is 14.5. The number of halogens is 2. The van der Waals surface area contributed by atoms with Crippen LogP contribution in [0.25, 0.3) is 0 Å². The molecule has 0 spiro atoms. The van der Waals surface area contributed by atoms with Crippen molar-refractivity contribution >= 4 is 27.5 Å². The number of rotatable bonds is 5. The second-order valence-electron chi connectivity index (χ2n) is 4.19. The van der Waals surface area contributed by atoms with E-state index in [1.807, 2.05) is 12.1 Å². The first kappa shape index (κ1) is 15.0. The van der Waals surface area contributed by atoms with Gasteiger partial charge in [-0.15, -0.1) is 0 Å². The highest BCUT2D eigenvalue weighted by Crippen LogP contribution is 2.36. The largest absolute Gasteiger partial charge is 0.508 e. The average molecular weight is 358 g/mol. The lowest BCUT2D eigenvalue weighted by atomic mass is 10.2. The highest BCUT2D eigenvalue weighted by molar-refractivity contribution is 9.08. The van der Waals surface area contributed by atoms with Gasteiger partial charge in [0.15, 0.2) is 11.5 Å². The van der Waals surface area contributed by atoms with E-state index >= 15 is 0 Å². The molecule has 106 valence electrons. The highest BCUT2D eigenvalue weighted by atomic mass is 79.9. The van der Waals surface area contributed by atoms with E-state index in [4.69, 9.17) is 21.1 Å². The van der Waals surface area contributed by atoms with Gasteiger partial charge in [-0.25, -0.2) is 0 Å². The van der Waals surface area contributed by atoms with Gasteiger partial charge in [0, 0.05) is 22.0 Å². The quantitative estimate of drug-likeness (QED) is 0.799. The minimum atomic E-state index is 0.217. The number of phenols is 1. The van der Waals surface area contributed by atoms with Gasteiger partial charge >= 0.3 is 0 Å². The summed E-state index contributed by atoms with van der Waals surface area (Å²) in [6, 6.07) is 10.5. The van der Waals surface area contributed by atoms with Crippen molar-refractivity contribution in [1.82, 2.24) is 0 Å². The Morgan fingerprint density at radius 3 is 2.70 bits per heavy atom. The van der Waals surface area contributed by atoms with Crippen LogP contribution in [0.4, 0.5) is 0 Å². The SMILES string of the molecule is COc1cc(Cl)cc(CBr)c1OCc1cccc(O)c1. The van der Waals surface area contributed by atoms with Crippen LogP contribution in [0.15, 0.2) is 36.4 Å². The number of methoxy groups -OCH3 is 1. The van der Waals surface area contributed by atoms with Gasteiger partial charge in [0.05, 0.1) is 7.11 Å². The Morgan fingerprint density at radius 2 is 2.05 bits per heavy atom. The lowest BCUT2D eigenvalue weighted by Gasteiger charge is -2.15. The molecule has 20 heavy (non-hydrogen) atoms. The molecule has 0 bridgehead atoms. The molecule has 0 saturated heterocycles. The molecule has 0 aliphatic heterocycles. The second kappa shape index (κ2) is 6.86. The fourth-order valence-corrected chi connectivity index (χ4v) is 2.49. The monoisotopic (exact) mass is 356 g/mol. The number of hydrogen-bond donors (Lipinski definition) is 1. The zero-order valence-corrected chi connectivity index (χ0v) is 13.2. The molecule has 0 heterocycles. The van der Waals surface area contributed by atoms with Crippen LogP contribution in [-0.2, 0) is 11.9 Å². The van der Waals surface area contributed by atoms with Crippen molar-refractivity contribution in [2.75, 3.05) is 7.11 Å². The van der Waals surface area contributed by atoms with Gasteiger partial charge in [0.2, 0.25) is 0 Å². The number of benzene rings is 2. The fourth-order valence-electron chi connectivity index (χ4n) is 1.84. The van der Waals surface area contributed by atoms with Crippen molar-refractivity contribution in [3.05, 3.63) is 52.5 Å². The maximum Gasteiger partial charge on any atom is 0.165 e. The van der Waals surface area contributed by atoms with Crippen LogP contribution in [0, 0.1) is 0 Å². The normalized spacial score (nSPS) is 10.3. The number of ether oxygens (including phenoxy) is 2. The van der Waals surface area contributed by atoms with Gasteiger partial charge in [-0.3, -0.25) is 0 Å². The van der Waals surface area contributed by atoms with Crippen LogP contribution in [0.5, 0.6) is 17.2 Å². The molecule has 1 N–H and O–H groups in total. The van der Waals surface area contributed by atoms with E-state index in [0.717, 1.165) is 11.1 Å². The smallest absolute Gasteiger partial charge is 0.165 e. The molecule has 0 radical (unpaired) electrons. The first-order valence-corrected chi connectivity index (χ1v) is 7.47. The Morgan fingerprint density at radius 1 is 1.25 bits per heavy atom. The van der Waals surface area contributed by atoms with Gasteiger partial charge in [0.1, 0.15) is 12.4 Å². The molecule has 0 fully saturated rings. The summed E-state index contributed by atoms with van der Waals surface area (Å²) >= 11 is 9.44. The predicted octanol–water partition coefficient (Wildman–Crippen LogP) is 4.53. The molecule has 0 unspecified atom stereocenters. The number of alkyl halides is 1. The summed E-state index contributed by atoms with van der Waals surface area (Å²) in [6.45, 7) is 0.340. The topological polar surface area (TPSA) is 38.7 Å². The van der Waals surface area contributed by atoms with Gasteiger partial charge in [-0.05, 0) is 23.8 Å². The van der Waals surface area contributed by atoms with Gasteiger partial charge in [-0.1, -0.05) is 39.7 Å². The van der Waals surface area contributed by atoms with E-state index in [9.17, 15) is 5.11 Å². The maximum absolute atomic E-state index is 9.44. The van der Waals surface area contributed by atoms with Crippen molar-refractivity contribution in [3.8, 4) is 17.2 Å². The summed E-state index contributed by atoms with van der Waals surface area (Å²) in [5.41, 5.74) is 1.79. The summed E-state index contributed by atoms with van der Waals surface area (Å²) in [5, 5.41) is 10.7. The van der Waals surface area contributed by atoms with E-state index in [-0.39, 0.29) is 5.75 Å². The number of aromatic hydroxyl groups is 1. The van der Waals surface area contributed by atoms with Crippen LogP contribution < -0.4 is 9.47 Å². The Kier molecular flexibility index (Phi) is 5.15. The third kappa shape index (κ3) is 3.58. The average Bonchev–Trinajstić information content (AvgIpc) is 2.45. The minimum absolute atomic E-state index is 0.217. The first-order chi connectivity index (χ1) is 9.63. The lowest BCUT2D eigenvalue weighted by molar-refractivity contribution is 0.282. The van der Waals surface area contributed by atoms with Crippen LogP contribution in [-0.4, -0.2) is 12.2 Å². The molecule has 0 aromatic heterocycles. The van der Waals surface area contributed by atoms with Crippen molar-refractivity contribution in [2.45, 2.75) is 11.9 Å². The molecule has 2 aromatic rings. The van der Waals surface area contributed by atoms with Crippen molar-refractivity contribution < 1.29 is 14.6 Å². The summed E-state index contributed by atoms with van der Waals surface area (Å²) in [4.78, 5) is 0. The van der Waals surface area contributed by atoms with Gasteiger partial charge in [-0.2, -0.15) is 0 Å². The summed E-state index contributed by atoms with van der Waals surface area (Å²) in [6.07, 6.45) is 0. The second-order valence-corrected chi connectivity index (χ2v) is 5.19. The highest BCUT2D eigenvalue weighted by Gasteiger charge is 2.12. The van der Waals surface area contributed by atoms with Crippen LogP contribution in [0.2, 0.25) is 5.02 Å². The first-order valence-electron chi connectivity index (χ1n) is 5.97. The molecular weight excluding hydrogens is 344 g/mol. The third-order valence-electron chi connectivity index (χ3n) is 2.75. The van der Waals surface area contributed by atoms with E-state index in [2.05, 4.69) is 15.9 Å². The van der Waals surface area contributed by atoms with Gasteiger partial charge < -0.3 is 14.6 Å². The number of phenolic OH excluding ortho intramolecular Hbond substituents is 1. The van der Waals surface area contributed by atoms with E-state index in [1.165, 1.54) is 0 Å². The Balaban J connectivity index is 2.24. The molecule has 0 aliphatic carbocycles. The predicted molar refractivity (Wildman–Crippen MR) is 83.1 cm³/mol. The Bertz CT molecular complexity index is 576. The van der Waals surface area contributed by atoms with Crippen LogP contribution in [0.1, 0.15) is 11.1 Å². The van der Waals surface area contributed by atoms with Crippen molar-refractivity contribution in [1.29, 1.82) is 0 Å². The summed E-state index contributed by atoms with van der Waals surface area (Å²) < 4.78 is 11.1. The molecule has 0 atom stereocenters. The number of hydrogen-bond acceptors (Lipinski definition) is 3. The van der Waals surface area contributed by atoms with Gasteiger partial charge in [0.25, 0.3) is 0 Å². The summed E-state index contributed by atoms with van der Waals surface area (Å²) in [7, 11) is 1.57. The van der Waals surface area contributed by atoms with Crippen molar-refractivity contribution in [3.63, 3.8) is 0 Å².